The molecule has 0 amide bonds. The van der Waals surface area contributed by atoms with Crippen molar-refractivity contribution in [2.75, 3.05) is 13.1 Å². The number of carboxylic acids is 1. The molecule has 0 saturated carbocycles. The van der Waals surface area contributed by atoms with Crippen molar-refractivity contribution in [1.29, 1.82) is 0 Å². The number of nitrogens with zero attached hydrogens (tertiary/aromatic N) is 1. The third-order valence-electron chi connectivity index (χ3n) is 3.44. The van der Waals surface area contributed by atoms with Gasteiger partial charge in [0.05, 0.1) is 6.42 Å². The van der Waals surface area contributed by atoms with Gasteiger partial charge in [0.25, 0.3) is 0 Å². The van der Waals surface area contributed by atoms with Crippen LogP contribution < -0.4 is 0 Å². The minimum Gasteiger partial charge on any atom is -0.481 e. The van der Waals surface area contributed by atoms with Crippen LogP contribution >= 0.6 is 0 Å². The molecule has 0 aliphatic rings. The molecule has 0 bridgehead atoms. The first kappa shape index (κ1) is 15.7. The average Bonchev–Trinajstić information content (AvgIpc) is 2.38. The van der Waals surface area contributed by atoms with E-state index >= 15 is 0 Å². The van der Waals surface area contributed by atoms with Crippen LogP contribution in [0.25, 0.3) is 0 Å². The Hall–Kier alpha value is -1.35. The molecule has 0 spiro atoms. The van der Waals surface area contributed by atoms with Crippen LogP contribution in [0.1, 0.15) is 45.2 Å². The molecule has 0 saturated heterocycles. The molecule has 1 atom stereocenters. The average molecular weight is 263 g/mol. The van der Waals surface area contributed by atoms with Crippen molar-refractivity contribution in [1.82, 2.24) is 4.90 Å². The highest BCUT2D eigenvalue weighted by Crippen LogP contribution is 2.21. The van der Waals surface area contributed by atoms with Crippen LogP contribution in [0.5, 0.6) is 0 Å². The van der Waals surface area contributed by atoms with E-state index in [4.69, 9.17) is 5.11 Å². The van der Waals surface area contributed by atoms with Crippen molar-refractivity contribution in [2.24, 2.45) is 5.92 Å². The molecule has 3 nitrogen and oxygen atoms in total. The number of carboxylic acid groups (broad SMARTS) is 1. The van der Waals surface area contributed by atoms with Crippen LogP contribution in [0, 0.1) is 5.92 Å². The lowest BCUT2D eigenvalue weighted by Gasteiger charge is -2.29. The van der Waals surface area contributed by atoms with E-state index < -0.39 is 5.97 Å². The molecule has 0 aromatic heterocycles. The molecule has 106 valence electrons. The van der Waals surface area contributed by atoms with E-state index in [1.807, 2.05) is 18.2 Å². The maximum Gasteiger partial charge on any atom is 0.304 e. The van der Waals surface area contributed by atoms with Crippen LogP contribution in [0.2, 0.25) is 0 Å². The van der Waals surface area contributed by atoms with Gasteiger partial charge in [-0.3, -0.25) is 9.69 Å². The van der Waals surface area contributed by atoms with Gasteiger partial charge in [-0.05, 0) is 31.4 Å². The molecular formula is C16H25NO2. The van der Waals surface area contributed by atoms with Gasteiger partial charge in [0, 0.05) is 12.6 Å². The largest absolute Gasteiger partial charge is 0.481 e. The number of aliphatic carboxylic acids is 1. The Bertz CT molecular complexity index is 376. The SMILES string of the molecule is CC(C)CCN(CCC(=O)O)C(C)c1ccccc1. The highest BCUT2D eigenvalue weighted by Gasteiger charge is 2.16. The fourth-order valence-corrected chi connectivity index (χ4v) is 2.10. The summed E-state index contributed by atoms with van der Waals surface area (Å²) in [6.07, 6.45) is 1.30. The van der Waals surface area contributed by atoms with E-state index in [1.165, 1.54) is 5.56 Å². The molecule has 1 aromatic carbocycles. The van der Waals surface area contributed by atoms with E-state index in [1.54, 1.807) is 0 Å². The standard InChI is InChI=1S/C16H25NO2/c1-13(2)9-11-17(12-10-16(18)19)14(3)15-7-5-4-6-8-15/h4-8,13-14H,9-12H2,1-3H3,(H,18,19). The van der Waals surface area contributed by atoms with Gasteiger partial charge in [-0.25, -0.2) is 0 Å². The van der Waals surface area contributed by atoms with Crippen molar-refractivity contribution in [2.45, 2.75) is 39.7 Å². The summed E-state index contributed by atoms with van der Waals surface area (Å²) in [4.78, 5) is 13.0. The van der Waals surface area contributed by atoms with Gasteiger partial charge < -0.3 is 5.11 Å². The van der Waals surface area contributed by atoms with Gasteiger partial charge in [-0.2, -0.15) is 0 Å². The van der Waals surface area contributed by atoms with Gasteiger partial charge in [0.1, 0.15) is 0 Å². The molecule has 0 aliphatic carbocycles. The van der Waals surface area contributed by atoms with E-state index in [0.29, 0.717) is 12.5 Å². The Kier molecular flexibility index (Phi) is 6.57. The zero-order chi connectivity index (χ0) is 14.3. The quantitative estimate of drug-likeness (QED) is 0.779. The minimum atomic E-state index is -0.727. The van der Waals surface area contributed by atoms with Crippen molar-refractivity contribution >= 4 is 5.97 Å². The molecule has 3 heteroatoms. The van der Waals surface area contributed by atoms with Gasteiger partial charge in [-0.1, -0.05) is 44.2 Å². The van der Waals surface area contributed by atoms with Crippen LogP contribution in [0.3, 0.4) is 0 Å². The second-order valence-electron chi connectivity index (χ2n) is 5.45. The van der Waals surface area contributed by atoms with E-state index in [0.717, 1.165) is 13.0 Å². The van der Waals surface area contributed by atoms with E-state index in [-0.39, 0.29) is 12.5 Å². The predicted molar refractivity (Wildman–Crippen MR) is 78.1 cm³/mol. The Labute approximate surface area is 116 Å². The third-order valence-corrected chi connectivity index (χ3v) is 3.44. The van der Waals surface area contributed by atoms with Gasteiger partial charge in [0.2, 0.25) is 0 Å². The van der Waals surface area contributed by atoms with Crippen LogP contribution in [0.4, 0.5) is 0 Å². The van der Waals surface area contributed by atoms with Crippen molar-refractivity contribution in [3.8, 4) is 0 Å². The topological polar surface area (TPSA) is 40.5 Å². The molecule has 1 rings (SSSR count). The normalized spacial score (nSPS) is 12.9. The van der Waals surface area contributed by atoms with Crippen LogP contribution in [-0.2, 0) is 4.79 Å². The van der Waals surface area contributed by atoms with Crippen molar-refractivity contribution in [3.05, 3.63) is 35.9 Å². The second kappa shape index (κ2) is 7.95. The van der Waals surface area contributed by atoms with E-state index in [2.05, 4.69) is 37.8 Å². The fraction of sp³-hybridized carbons (Fsp3) is 0.562. The second-order valence-corrected chi connectivity index (χ2v) is 5.45. The number of hydrogen-bond acceptors (Lipinski definition) is 2. The smallest absolute Gasteiger partial charge is 0.304 e. The minimum absolute atomic E-state index is 0.204. The Balaban J connectivity index is 2.68. The van der Waals surface area contributed by atoms with Gasteiger partial charge in [-0.15, -0.1) is 0 Å². The molecule has 0 heterocycles. The zero-order valence-corrected chi connectivity index (χ0v) is 12.2. The predicted octanol–water partition coefficient (Wildman–Crippen LogP) is 3.57. The highest BCUT2D eigenvalue weighted by molar-refractivity contribution is 5.66. The lowest BCUT2D eigenvalue weighted by Crippen LogP contribution is -2.31. The van der Waals surface area contributed by atoms with Crippen LogP contribution in [-0.4, -0.2) is 29.1 Å². The number of hydrogen-bond donors (Lipinski definition) is 1. The van der Waals surface area contributed by atoms with Gasteiger partial charge in [0.15, 0.2) is 0 Å². The first-order chi connectivity index (χ1) is 9.00. The Morgan fingerprint density at radius 3 is 2.32 bits per heavy atom. The molecule has 19 heavy (non-hydrogen) atoms. The first-order valence-electron chi connectivity index (χ1n) is 7.01. The summed E-state index contributed by atoms with van der Waals surface area (Å²) in [7, 11) is 0. The molecule has 1 N–H and O–H groups in total. The van der Waals surface area contributed by atoms with Gasteiger partial charge >= 0.3 is 5.97 Å². The molecule has 0 fully saturated rings. The molecular weight excluding hydrogens is 238 g/mol. The molecule has 0 aliphatic heterocycles. The lowest BCUT2D eigenvalue weighted by atomic mass is 10.0. The van der Waals surface area contributed by atoms with Crippen LogP contribution in [0.15, 0.2) is 30.3 Å². The Morgan fingerprint density at radius 1 is 1.16 bits per heavy atom. The lowest BCUT2D eigenvalue weighted by molar-refractivity contribution is -0.137. The summed E-state index contributed by atoms with van der Waals surface area (Å²) in [5.41, 5.74) is 1.25. The number of rotatable bonds is 8. The summed E-state index contributed by atoms with van der Waals surface area (Å²) < 4.78 is 0. The number of benzene rings is 1. The molecule has 1 aromatic rings. The summed E-state index contributed by atoms with van der Waals surface area (Å²) in [5, 5.41) is 8.87. The summed E-state index contributed by atoms with van der Waals surface area (Å²) >= 11 is 0. The fourth-order valence-electron chi connectivity index (χ4n) is 2.10. The highest BCUT2D eigenvalue weighted by atomic mass is 16.4. The zero-order valence-electron chi connectivity index (χ0n) is 12.2. The summed E-state index contributed by atoms with van der Waals surface area (Å²) in [5.74, 6) is -0.0925. The Morgan fingerprint density at radius 2 is 1.79 bits per heavy atom. The first-order valence-corrected chi connectivity index (χ1v) is 7.01. The number of carbonyl (C=O) groups is 1. The van der Waals surface area contributed by atoms with E-state index in [9.17, 15) is 4.79 Å². The molecule has 0 radical (unpaired) electrons. The maximum atomic E-state index is 10.8. The third kappa shape index (κ3) is 5.88. The summed E-state index contributed by atoms with van der Waals surface area (Å²) in [6.45, 7) is 8.10. The maximum absolute atomic E-state index is 10.8. The van der Waals surface area contributed by atoms with Crippen molar-refractivity contribution < 1.29 is 9.90 Å². The molecule has 1 unspecified atom stereocenters. The summed E-state index contributed by atoms with van der Waals surface area (Å²) in [6, 6.07) is 10.5. The monoisotopic (exact) mass is 263 g/mol. The van der Waals surface area contributed by atoms with Crippen molar-refractivity contribution in [3.63, 3.8) is 0 Å².